The lowest BCUT2D eigenvalue weighted by molar-refractivity contribution is 0.0685. The summed E-state index contributed by atoms with van der Waals surface area (Å²) >= 11 is 5.86. The molecule has 0 aromatic heterocycles. The van der Waals surface area contributed by atoms with Gasteiger partial charge in [-0.05, 0) is 37.0 Å². The maximum atomic E-state index is 12.3. The number of hydrogen-bond donors (Lipinski definition) is 0. The summed E-state index contributed by atoms with van der Waals surface area (Å²) in [5, 5.41) is 8.84. The van der Waals surface area contributed by atoms with Gasteiger partial charge in [0, 0.05) is 24.5 Å². The van der Waals surface area contributed by atoms with Crippen LogP contribution in [0.2, 0.25) is 0 Å². The molecule has 0 saturated carbocycles. The van der Waals surface area contributed by atoms with Crippen LogP contribution in [0, 0.1) is 17.2 Å². The lowest BCUT2D eigenvalue weighted by Crippen LogP contribution is -2.40. The molecule has 1 amide bonds. The lowest BCUT2D eigenvalue weighted by atomic mass is 9.99. The van der Waals surface area contributed by atoms with Crippen molar-refractivity contribution in [2.45, 2.75) is 12.8 Å². The van der Waals surface area contributed by atoms with E-state index >= 15 is 0 Å². The van der Waals surface area contributed by atoms with Gasteiger partial charge in [0.1, 0.15) is 0 Å². The summed E-state index contributed by atoms with van der Waals surface area (Å²) in [5.74, 6) is 0.993. The van der Waals surface area contributed by atoms with Crippen molar-refractivity contribution in [2.75, 3.05) is 19.0 Å². The molecule has 0 spiro atoms. The van der Waals surface area contributed by atoms with Crippen LogP contribution in [0.3, 0.4) is 0 Å². The van der Waals surface area contributed by atoms with Crippen molar-refractivity contribution < 1.29 is 4.79 Å². The van der Waals surface area contributed by atoms with Crippen LogP contribution in [-0.4, -0.2) is 29.8 Å². The Balaban J connectivity index is 2.13. The van der Waals surface area contributed by atoms with Crippen molar-refractivity contribution in [2.24, 2.45) is 5.92 Å². The van der Waals surface area contributed by atoms with E-state index in [9.17, 15) is 4.79 Å². The van der Waals surface area contributed by atoms with Gasteiger partial charge in [0.15, 0.2) is 0 Å². The molecule has 18 heavy (non-hydrogen) atoms. The maximum absolute atomic E-state index is 12.3. The Morgan fingerprint density at radius 2 is 2.39 bits per heavy atom. The minimum Gasteiger partial charge on any atom is -0.338 e. The molecule has 1 aliphatic heterocycles. The summed E-state index contributed by atoms with van der Waals surface area (Å²) in [6.07, 6.45) is 2.09. The first-order chi connectivity index (χ1) is 8.74. The first kappa shape index (κ1) is 12.9. The number of amides is 1. The second kappa shape index (κ2) is 5.88. The molecule has 2 rings (SSSR count). The summed E-state index contributed by atoms with van der Waals surface area (Å²) in [6, 6.07) is 8.90. The zero-order valence-corrected chi connectivity index (χ0v) is 10.9. The van der Waals surface area contributed by atoms with Gasteiger partial charge < -0.3 is 4.90 Å². The Bertz CT molecular complexity index is 481. The van der Waals surface area contributed by atoms with Gasteiger partial charge in [-0.15, -0.1) is 11.6 Å². The third-order valence-electron chi connectivity index (χ3n) is 3.26. The second-order valence-electron chi connectivity index (χ2n) is 4.61. The molecule has 94 valence electrons. The van der Waals surface area contributed by atoms with E-state index in [0.717, 1.165) is 25.9 Å². The van der Waals surface area contributed by atoms with Crippen LogP contribution in [0.15, 0.2) is 24.3 Å². The van der Waals surface area contributed by atoms with Gasteiger partial charge in [-0.1, -0.05) is 6.07 Å². The zero-order valence-electron chi connectivity index (χ0n) is 10.1. The minimum atomic E-state index is 0.00177. The Morgan fingerprint density at radius 1 is 1.56 bits per heavy atom. The third-order valence-corrected chi connectivity index (χ3v) is 3.70. The molecular weight excluding hydrogens is 248 g/mol. The summed E-state index contributed by atoms with van der Waals surface area (Å²) < 4.78 is 0. The van der Waals surface area contributed by atoms with E-state index in [1.165, 1.54) is 0 Å². The fraction of sp³-hybridized carbons (Fsp3) is 0.429. The number of carbonyl (C=O) groups excluding carboxylic acids is 1. The molecule has 0 bridgehead atoms. The average Bonchev–Trinajstić information content (AvgIpc) is 2.46. The SMILES string of the molecule is N#Cc1cccc(C(=O)N2CCCC(CCl)C2)c1. The van der Waals surface area contributed by atoms with Crippen molar-refractivity contribution in [3.63, 3.8) is 0 Å². The number of carbonyl (C=O) groups is 1. The van der Waals surface area contributed by atoms with Crippen molar-refractivity contribution in [3.05, 3.63) is 35.4 Å². The number of likely N-dealkylation sites (tertiary alicyclic amines) is 1. The zero-order chi connectivity index (χ0) is 13.0. The summed E-state index contributed by atoms with van der Waals surface area (Å²) in [4.78, 5) is 14.1. The van der Waals surface area contributed by atoms with Crippen LogP contribution >= 0.6 is 11.6 Å². The van der Waals surface area contributed by atoms with Gasteiger partial charge in [-0.2, -0.15) is 5.26 Å². The molecule has 0 radical (unpaired) electrons. The van der Waals surface area contributed by atoms with E-state index in [1.54, 1.807) is 24.3 Å². The Kier molecular flexibility index (Phi) is 4.22. The van der Waals surface area contributed by atoms with E-state index < -0.39 is 0 Å². The monoisotopic (exact) mass is 262 g/mol. The Labute approximate surface area is 112 Å². The molecular formula is C14H15ClN2O. The number of alkyl halides is 1. The Morgan fingerprint density at radius 3 is 3.11 bits per heavy atom. The number of benzene rings is 1. The number of halogens is 1. The van der Waals surface area contributed by atoms with Crippen LogP contribution in [-0.2, 0) is 0 Å². The molecule has 1 aromatic rings. The topological polar surface area (TPSA) is 44.1 Å². The minimum absolute atomic E-state index is 0.00177. The molecule has 1 heterocycles. The van der Waals surface area contributed by atoms with Crippen molar-refractivity contribution in [1.29, 1.82) is 5.26 Å². The second-order valence-corrected chi connectivity index (χ2v) is 4.91. The first-order valence-electron chi connectivity index (χ1n) is 6.10. The molecule has 1 fully saturated rings. The molecule has 1 aromatic carbocycles. The van der Waals surface area contributed by atoms with Gasteiger partial charge in [0.05, 0.1) is 11.6 Å². The van der Waals surface area contributed by atoms with Gasteiger partial charge >= 0.3 is 0 Å². The smallest absolute Gasteiger partial charge is 0.253 e. The predicted octanol–water partition coefficient (Wildman–Crippen LogP) is 2.65. The maximum Gasteiger partial charge on any atom is 0.253 e. The molecule has 3 nitrogen and oxygen atoms in total. The molecule has 0 aliphatic carbocycles. The quantitative estimate of drug-likeness (QED) is 0.769. The van der Waals surface area contributed by atoms with E-state index in [1.807, 2.05) is 4.90 Å². The normalized spacial score (nSPS) is 19.3. The van der Waals surface area contributed by atoms with E-state index in [4.69, 9.17) is 16.9 Å². The fourth-order valence-electron chi connectivity index (χ4n) is 2.28. The molecule has 4 heteroatoms. The highest BCUT2D eigenvalue weighted by molar-refractivity contribution is 6.18. The van der Waals surface area contributed by atoms with Gasteiger partial charge in [0.2, 0.25) is 0 Å². The highest BCUT2D eigenvalue weighted by atomic mass is 35.5. The molecule has 1 unspecified atom stereocenters. The molecule has 1 saturated heterocycles. The van der Waals surface area contributed by atoms with Crippen molar-refractivity contribution in [1.82, 2.24) is 4.90 Å². The van der Waals surface area contributed by atoms with Crippen LogP contribution in [0.25, 0.3) is 0 Å². The molecule has 0 N–H and O–H groups in total. The largest absolute Gasteiger partial charge is 0.338 e. The number of hydrogen-bond acceptors (Lipinski definition) is 2. The summed E-state index contributed by atoms with van der Waals surface area (Å²) in [6.45, 7) is 1.50. The van der Waals surface area contributed by atoms with Gasteiger partial charge in [-0.3, -0.25) is 4.79 Å². The number of rotatable bonds is 2. The van der Waals surface area contributed by atoms with Crippen LogP contribution < -0.4 is 0 Å². The Hall–Kier alpha value is -1.53. The van der Waals surface area contributed by atoms with E-state index in [0.29, 0.717) is 22.9 Å². The van der Waals surface area contributed by atoms with Crippen molar-refractivity contribution >= 4 is 17.5 Å². The van der Waals surface area contributed by atoms with E-state index in [2.05, 4.69) is 6.07 Å². The highest BCUT2D eigenvalue weighted by Gasteiger charge is 2.23. The van der Waals surface area contributed by atoms with E-state index in [-0.39, 0.29) is 5.91 Å². The highest BCUT2D eigenvalue weighted by Crippen LogP contribution is 2.19. The average molecular weight is 263 g/mol. The predicted molar refractivity (Wildman–Crippen MR) is 70.5 cm³/mol. The fourth-order valence-corrected chi connectivity index (χ4v) is 2.53. The number of nitrogens with zero attached hydrogens (tertiary/aromatic N) is 2. The summed E-state index contributed by atoms with van der Waals surface area (Å²) in [7, 11) is 0. The van der Waals surface area contributed by atoms with Crippen molar-refractivity contribution in [3.8, 4) is 6.07 Å². The third kappa shape index (κ3) is 2.83. The van der Waals surface area contributed by atoms with Crippen LogP contribution in [0.4, 0.5) is 0 Å². The first-order valence-corrected chi connectivity index (χ1v) is 6.63. The number of piperidine rings is 1. The lowest BCUT2D eigenvalue weighted by Gasteiger charge is -2.31. The van der Waals surface area contributed by atoms with Crippen LogP contribution in [0.1, 0.15) is 28.8 Å². The van der Waals surface area contributed by atoms with Gasteiger partial charge in [0.25, 0.3) is 5.91 Å². The molecule has 1 atom stereocenters. The standard InChI is InChI=1S/C14H15ClN2O/c15-8-12-4-2-6-17(10-12)14(18)13-5-1-3-11(7-13)9-16/h1,3,5,7,12H,2,4,6,8,10H2. The van der Waals surface area contributed by atoms with Gasteiger partial charge in [-0.25, -0.2) is 0 Å². The number of nitriles is 1. The molecule has 1 aliphatic rings. The summed E-state index contributed by atoms with van der Waals surface area (Å²) in [5.41, 5.74) is 1.11. The van der Waals surface area contributed by atoms with Crippen LogP contribution in [0.5, 0.6) is 0 Å².